The van der Waals surface area contributed by atoms with Crippen molar-refractivity contribution in [2.24, 2.45) is 0 Å². The quantitative estimate of drug-likeness (QED) is 0.565. The van der Waals surface area contributed by atoms with Gasteiger partial charge in [-0.1, -0.05) is 44.2 Å². The number of aryl methyl sites for hydroxylation is 3. The largest absolute Gasteiger partial charge is 0.341 e. The molecule has 1 saturated heterocycles. The van der Waals surface area contributed by atoms with Crippen molar-refractivity contribution in [1.82, 2.24) is 14.5 Å². The lowest BCUT2D eigenvalue weighted by molar-refractivity contribution is -0.132. The van der Waals surface area contributed by atoms with Gasteiger partial charge in [0.05, 0.1) is 11.4 Å². The van der Waals surface area contributed by atoms with Crippen LogP contribution in [0.4, 0.5) is 0 Å². The van der Waals surface area contributed by atoms with Gasteiger partial charge in [0.25, 0.3) is 5.56 Å². The molecule has 6 heteroatoms. The standard InChI is InChI=1S/C25H31N3O2S/c1-16(2)23-26-24-22(17(3)18(4)31-24)25(30)28(23)20-11-8-14-27(15-20)21(29)13-12-19-9-6-5-7-10-19/h5-7,9-10,16,20H,8,11-15H2,1-4H3/t20-/m1/s1. The van der Waals surface area contributed by atoms with E-state index in [1.54, 1.807) is 11.3 Å². The molecule has 0 saturated carbocycles. The second-order valence-electron chi connectivity index (χ2n) is 8.88. The van der Waals surface area contributed by atoms with E-state index in [2.05, 4.69) is 26.0 Å². The van der Waals surface area contributed by atoms with E-state index in [-0.39, 0.29) is 23.4 Å². The Labute approximate surface area is 187 Å². The first-order chi connectivity index (χ1) is 14.9. The summed E-state index contributed by atoms with van der Waals surface area (Å²) in [4.78, 5) is 35.4. The minimum Gasteiger partial charge on any atom is -0.341 e. The van der Waals surface area contributed by atoms with Gasteiger partial charge in [0.15, 0.2) is 0 Å². The Kier molecular flexibility index (Phi) is 6.28. The summed E-state index contributed by atoms with van der Waals surface area (Å²) >= 11 is 1.60. The van der Waals surface area contributed by atoms with E-state index in [0.29, 0.717) is 13.0 Å². The first-order valence-corrected chi connectivity index (χ1v) is 12.0. The molecule has 1 fully saturated rings. The molecular formula is C25H31N3O2S. The smallest absolute Gasteiger partial charge is 0.262 e. The average Bonchev–Trinajstić information content (AvgIpc) is 3.06. The number of benzene rings is 1. The van der Waals surface area contributed by atoms with E-state index in [4.69, 9.17) is 4.98 Å². The van der Waals surface area contributed by atoms with Crippen LogP contribution in [0.3, 0.4) is 0 Å². The van der Waals surface area contributed by atoms with Crippen LogP contribution < -0.4 is 5.56 Å². The summed E-state index contributed by atoms with van der Waals surface area (Å²) in [5, 5.41) is 0.749. The highest BCUT2D eigenvalue weighted by Crippen LogP contribution is 2.30. The Morgan fingerprint density at radius 2 is 1.97 bits per heavy atom. The number of aromatic nitrogens is 2. The van der Waals surface area contributed by atoms with Gasteiger partial charge in [-0.15, -0.1) is 11.3 Å². The average molecular weight is 438 g/mol. The summed E-state index contributed by atoms with van der Waals surface area (Å²) < 4.78 is 1.91. The zero-order valence-corrected chi connectivity index (χ0v) is 19.7. The molecule has 1 aromatic carbocycles. The number of likely N-dealkylation sites (tertiary alicyclic amines) is 1. The number of rotatable bonds is 5. The van der Waals surface area contributed by atoms with Crippen LogP contribution in [0.2, 0.25) is 0 Å². The van der Waals surface area contributed by atoms with Crippen molar-refractivity contribution in [1.29, 1.82) is 0 Å². The number of carbonyl (C=O) groups is 1. The fourth-order valence-corrected chi connectivity index (χ4v) is 5.56. The number of hydrogen-bond donors (Lipinski definition) is 0. The van der Waals surface area contributed by atoms with Crippen LogP contribution in [-0.2, 0) is 11.2 Å². The molecule has 0 N–H and O–H groups in total. The van der Waals surface area contributed by atoms with Crippen molar-refractivity contribution >= 4 is 27.5 Å². The molecular weight excluding hydrogens is 406 g/mol. The molecule has 3 aromatic rings. The molecule has 0 aliphatic carbocycles. The molecule has 1 atom stereocenters. The van der Waals surface area contributed by atoms with Gasteiger partial charge in [0.2, 0.25) is 5.91 Å². The van der Waals surface area contributed by atoms with Crippen LogP contribution in [-0.4, -0.2) is 33.4 Å². The third-order valence-electron chi connectivity index (χ3n) is 6.36. The Bertz CT molecular complexity index is 1150. The monoisotopic (exact) mass is 437 g/mol. The lowest BCUT2D eigenvalue weighted by Gasteiger charge is -2.35. The molecule has 164 valence electrons. The number of piperidine rings is 1. The van der Waals surface area contributed by atoms with Gasteiger partial charge in [0, 0.05) is 30.3 Å². The van der Waals surface area contributed by atoms with E-state index >= 15 is 0 Å². The van der Waals surface area contributed by atoms with Crippen LogP contribution in [0.5, 0.6) is 0 Å². The van der Waals surface area contributed by atoms with Crippen LogP contribution in [0.25, 0.3) is 10.2 Å². The van der Waals surface area contributed by atoms with Crippen molar-refractivity contribution in [3.8, 4) is 0 Å². The maximum absolute atomic E-state index is 13.6. The molecule has 0 bridgehead atoms. The molecule has 0 radical (unpaired) electrons. The van der Waals surface area contributed by atoms with E-state index in [9.17, 15) is 9.59 Å². The lowest BCUT2D eigenvalue weighted by Crippen LogP contribution is -2.44. The Hall–Kier alpha value is -2.47. The number of amides is 1. The van der Waals surface area contributed by atoms with E-state index in [1.165, 1.54) is 5.56 Å². The van der Waals surface area contributed by atoms with Crippen molar-refractivity contribution in [2.75, 3.05) is 13.1 Å². The van der Waals surface area contributed by atoms with Crippen molar-refractivity contribution in [3.05, 3.63) is 62.5 Å². The summed E-state index contributed by atoms with van der Waals surface area (Å²) in [6, 6.07) is 10.1. The van der Waals surface area contributed by atoms with Crippen molar-refractivity contribution < 1.29 is 4.79 Å². The van der Waals surface area contributed by atoms with Crippen molar-refractivity contribution in [3.63, 3.8) is 0 Å². The second-order valence-corrected chi connectivity index (χ2v) is 10.1. The molecule has 31 heavy (non-hydrogen) atoms. The second kappa shape index (κ2) is 8.95. The number of fused-ring (bicyclic) bond motifs is 1. The highest BCUT2D eigenvalue weighted by atomic mass is 32.1. The van der Waals surface area contributed by atoms with Gasteiger partial charge < -0.3 is 4.90 Å². The summed E-state index contributed by atoms with van der Waals surface area (Å²) in [5.41, 5.74) is 2.27. The minimum absolute atomic E-state index is 0.0177. The third kappa shape index (κ3) is 4.31. The van der Waals surface area contributed by atoms with Crippen molar-refractivity contribution in [2.45, 2.75) is 65.3 Å². The van der Waals surface area contributed by atoms with Gasteiger partial charge in [-0.05, 0) is 44.2 Å². The maximum Gasteiger partial charge on any atom is 0.262 e. The minimum atomic E-state index is -0.0177. The third-order valence-corrected chi connectivity index (χ3v) is 7.46. The van der Waals surface area contributed by atoms with Gasteiger partial charge in [0.1, 0.15) is 10.7 Å². The normalized spacial score (nSPS) is 16.9. The Morgan fingerprint density at radius 1 is 1.23 bits per heavy atom. The number of hydrogen-bond acceptors (Lipinski definition) is 4. The predicted octanol–water partition coefficient (Wildman–Crippen LogP) is 4.99. The predicted molar refractivity (Wildman–Crippen MR) is 127 cm³/mol. The van der Waals surface area contributed by atoms with Gasteiger partial charge in [-0.2, -0.15) is 0 Å². The maximum atomic E-state index is 13.6. The highest BCUT2D eigenvalue weighted by molar-refractivity contribution is 7.18. The van der Waals surface area contributed by atoms with Gasteiger partial charge >= 0.3 is 0 Å². The Morgan fingerprint density at radius 3 is 2.68 bits per heavy atom. The molecule has 3 heterocycles. The first-order valence-electron chi connectivity index (χ1n) is 11.2. The molecule has 0 spiro atoms. The highest BCUT2D eigenvalue weighted by Gasteiger charge is 2.29. The molecule has 0 unspecified atom stereocenters. The van der Waals surface area contributed by atoms with Crippen LogP contribution in [0, 0.1) is 13.8 Å². The van der Waals surface area contributed by atoms with E-state index in [1.807, 2.05) is 41.5 Å². The number of nitrogens with zero attached hydrogens (tertiary/aromatic N) is 3. The zero-order valence-electron chi connectivity index (χ0n) is 18.9. The van der Waals surface area contributed by atoms with E-state index < -0.39 is 0 Å². The molecule has 4 rings (SSSR count). The van der Waals surface area contributed by atoms with E-state index in [0.717, 1.165) is 52.3 Å². The molecule has 5 nitrogen and oxygen atoms in total. The number of thiophene rings is 1. The zero-order chi connectivity index (χ0) is 22.1. The summed E-state index contributed by atoms with van der Waals surface area (Å²) in [5.74, 6) is 1.15. The summed E-state index contributed by atoms with van der Waals surface area (Å²) in [7, 11) is 0. The SMILES string of the molecule is Cc1sc2nc(C(C)C)n([C@@H]3CCCN(C(=O)CCc4ccccc4)C3)c(=O)c2c1C. The van der Waals surface area contributed by atoms with Crippen LogP contribution in [0.1, 0.15) is 66.9 Å². The molecule has 1 amide bonds. The van der Waals surface area contributed by atoms with Gasteiger partial charge in [-0.25, -0.2) is 4.98 Å². The topological polar surface area (TPSA) is 55.2 Å². The summed E-state index contributed by atoms with van der Waals surface area (Å²) in [6.07, 6.45) is 3.06. The molecule has 1 aliphatic heterocycles. The Balaban J connectivity index is 1.61. The molecule has 1 aliphatic rings. The fraction of sp³-hybridized carbons (Fsp3) is 0.480. The fourth-order valence-electron chi connectivity index (χ4n) is 4.53. The number of carbonyl (C=O) groups excluding carboxylic acids is 1. The molecule has 2 aromatic heterocycles. The van der Waals surface area contributed by atoms with Gasteiger partial charge in [-0.3, -0.25) is 14.2 Å². The van der Waals surface area contributed by atoms with Crippen LogP contribution in [0.15, 0.2) is 35.1 Å². The van der Waals surface area contributed by atoms with Crippen LogP contribution >= 0.6 is 11.3 Å². The lowest BCUT2D eigenvalue weighted by atomic mass is 10.0. The first kappa shape index (κ1) is 21.8. The summed E-state index contributed by atoms with van der Waals surface area (Å²) in [6.45, 7) is 9.59.